The van der Waals surface area contributed by atoms with Gasteiger partial charge < -0.3 is 5.32 Å². The fourth-order valence-electron chi connectivity index (χ4n) is 3.04. The molecule has 2 heterocycles. The van der Waals surface area contributed by atoms with E-state index in [0.717, 1.165) is 15.7 Å². The molecule has 2 aromatic rings. The molecule has 28 heavy (non-hydrogen) atoms. The largest absolute Gasteiger partial charge is 0.324 e. The topological polar surface area (TPSA) is 113 Å². The van der Waals surface area contributed by atoms with Crippen LogP contribution >= 0.6 is 23.5 Å². The maximum atomic E-state index is 12.6. The minimum Gasteiger partial charge on any atom is -0.324 e. The Labute approximate surface area is 167 Å². The maximum Gasteiger partial charge on any atom is 0.289 e. The lowest BCUT2D eigenvalue weighted by molar-refractivity contribution is -0.131. The van der Waals surface area contributed by atoms with Crippen molar-refractivity contribution in [2.75, 3.05) is 11.9 Å². The summed E-state index contributed by atoms with van der Waals surface area (Å²) in [6, 6.07) is 12.9. The van der Waals surface area contributed by atoms with Crippen LogP contribution in [0.1, 0.15) is 0 Å². The monoisotopic (exact) mass is 415 g/mol. The van der Waals surface area contributed by atoms with Crippen LogP contribution in [-0.4, -0.2) is 50.1 Å². The van der Waals surface area contributed by atoms with E-state index < -0.39 is 45.2 Å². The summed E-state index contributed by atoms with van der Waals surface area (Å²) in [4.78, 5) is 61.1. The normalized spacial score (nSPS) is 22.1. The van der Waals surface area contributed by atoms with E-state index in [4.69, 9.17) is 0 Å². The van der Waals surface area contributed by atoms with Crippen LogP contribution in [0.25, 0.3) is 10.8 Å². The van der Waals surface area contributed by atoms with Gasteiger partial charge in [0.05, 0.1) is 0 Å². The highest BCUT2D eigenvalue weighted by molar-refractivity contribution is 8.19. The van der Waals surface area contributed by atoms with Crippen LogP contribution in [-0.2, 0) is 14.4 Å². The number of carbonyl (C=O) groups excluding carboxylic acids is 5. The molecule has 2 aliphatic rings. The van der Waals surface area contributed by atoms with Crippen molar-refractivity contribution < 1.29 is 24.0 Å². The van der Waals surface area contributed by atoms with E-state index in [0.29, 0.717) is 29.2 Å². The summed E-state index contributed by atoms with van der Waals surface area (Å²) in [5.41, 5.74) is 0.572. The van der Waals surface area contributed by atoms with Crippen LogP contribution in [0.4, 0.5) is 15.3 Å². The molecule has 2 unspecified atom stereocenters. The third kappa shape index (κ3) is 3.36. The van der Waals surface area contributed by atoms with Crippen LogP contribution in [0.5, 0.6) is 0 Å². The van der Waals surface area contributed by atoms with Gasteiger partial charge >= 0.3 is 0 Å². The van der Waals surface area contributed by atoms with Gasteiger partial charge in [0.25, 0.3) is 10.5 Å². The quantitative estimate of drug-likeness (QED) is 0.787. The van der Waals surface area contributed by atoms with Crippen molar-refractivity contribution in [1.82, 2.24) is 10.2 Å². The van der Waals surface area contributed by atoms with Gasteiger partial charge in [-0.25, -0.2) is 0 Å². The second kappa shape index (κ2) is 7.28. The second-order valence-electron chi connectivity index (χ2n) is 6.12. The van der Waals surface area contributed by atoms with E-state index in [2.05, 4.69) is 10.6 Å². The van der Waals surface area contributed by atoms with E-state index in [-0.39, 0.29) is 0 Å². The molecule has 2 atom stereocenters. The number of hydrogen-bond acceptors (Lipinski definition) is 7. The smallest absolute Gasteiger partial charge is 0.289 e. The average Bonchev–Trinajstić information content (AvgIpc) is 3.14. The predicted molar refractivity (Wildman–Crippen MR) is 106 cm³/mol. The summed E-state index contributed by atoms with van der Waals surface area (Å²) in [6.07, 6.45) is 0. The van der Waals surface area contributed by atoms with Gasteiger partial charge in [-0.3, -0.25) is 34.2 Å². The first-order valence-electron chi connectivity index (χ1n) is 8.25. The van der Waals surface area contributed by atoms with Gasteiger partial charge in [0.15, 0.2) is 0 Å². The van der Waals surface area contributed by atoms with Crippen molar-refractivity contribution in [2.45, 2.75) is 10.5 Å². The first-order chi connectivity index (χ1) is 13.4. The van der Waals surface area contributed by atoms with Gasteiger partial charge in [-0.15, -0.1) is 0 Å². The first kappa shape index (κ1) is 18.5. The van der Waals surface area contributed by atoms with Crippen molar-refractivity contribution in [2.24, 2.45) is 0 Å². The van der Waals surface area contributed by atoms with Crippen LogP contribution < -0.4 is 10.6 Å². The zero-order valence-corrected chi connectivity index (χ0v) is 15.8. The molecule has 0 radical (unpaired) electrons. The van der Waals surface area contributed by atoms with Gasteiger partial charge in [-0.05, 0) is 35.0 Å². The van der Waals surface area contributed by atoms with Crippen molar-refractivity contribution in [3.8, 4) is 0 Å². The highest BCUT2D eigenvalue weighted by atomic mass is 32.2. The zero-order chi connectivity index (χ0) is 19.8. The summed E-state index contributed by atoms with van der Waals surface area (Å²) < 4.78 is 0. The number of rotatable bonds is 4. The van der Waals surface area contributed by atoms with Gasteiger partial charge in [-0.2, -0.15) is 0 Å². The van der Waals surface area contributed by atoms with Crippen molar-refractivity contribution in [3.05, 3.63) is 42.5 Å². The summed E-state index contributed by atoms with van der Waals surface area (Å²) in [6.45, 7) is -0.461. The van der Waals surface area contributed by atoms with Crippen LogP contribution in [0.2, 0.25) is 0 Å². The molecule has 4 rings (SSSR count). The molecule has 0 spiro atoms. The number of carbonyl (C=O) groups is 5. The molecule has 5 amide bonds. The Morgan fingerprint density at radius 2 is 1.75 bits per heavy atom. The number of nitrogens with zero attached hydrogens (tertiary/aromatic N) is 1. The highest BCUT2D eigenvalue weighted by Crippen LogP contribution is 2.36. The molecule has 10 heteroatoms. The molecule has 2 saturated heterocycles. The Kier molecular flexibility index (Phi) is 4.82. The number of benzene rings is 2. The van der Waals surface area contributed by atoms with E-state index in [1.165, 1.54) is 0 Å². The molecule has 2 N–H and O–H groups in total. The molecule has 2 aromatic carbocycles. The highest BCUT2D eigenvalue weighted by Gasteiger charge is 2.50. The SMILES string of the molecule is O=C(CN1C(=O)SC(C2SC(=O)NC2=O)C1=O)Nc1cccc2ccccc12. The van der Waals surface area contributed by atoms with E-state index in [1.807, 2.05) is 30.3 Å². The van der Waals surface area contributed by atoms with Gasteiger partial charge in [0.2, 0.25) is 17.7 Å². The summed E-state index contributed by atoms with van der Waals surface area (Å²) >= 11 is 1.34. The standard InChI is InChI=1S/C18H13N3O5S2/c22-12(19-11-7-3-5-9-4-1-2-6-10(9)11)8-21-16(24)14(28-18(21)26)13-15(23)20-17(25)27-13/h1-7,13-14H,8H2,(H,19,22)(H,20,23,25). The minimum absolute atomic E-state index is 0.461. The molecule has 0 aliphatic carbocycles. The van der Waals surface area contributed by atoms with E-state index in [9.17, 15) is 24.0 Å². The Morgan fingerprint density at radius 3 is 2.50 bits per heavy atom. The first-order valence-corrected chi connectivity index (χ1v) is 10.0. The number of anilines is 1. The number of hydrogen-bond donors (Lipinski definition) is 2. The fourth-order valence-corrected chi connectivity index (χ4v) is 5.14. The maximum absolute atomic E-state index is 12.6. The number of fused-ring (bicyclic) bond motifs is 1. The average molecular weight is 415 g/mol. The summed E-state index contributed by atoms with van der Waals surface area (Å²) in [7, 11) is 0. The molecular weight excluding hydrogens is 402 g/mol. The molecule has 0 bridgehead atoms. The van der Waals surface area contributed by atoms with Crippen molar-refractivity contribution in [1.29, 1.82) is 0 Å². The number of thioether (sulfide) groups is 2. The second-order valence-corrected chi connectivity index (χ2v) is 8.33. The molecule has 2 aliphatic heterocycles. The van der Waals surface area contributed by atoms with Gasteiger partial charge in [-0.1, -0.05) is 36.4 Å². The number of amides is 5. The number of imide groups is 2. The van der Waals surface area contributed by atoms with E-state index in [1.54, 1.807) is 12.1 Å². The van der Waals surface area contributed by atoms with Gasteiger partial charge in [0, 0.05) is 11.1 Å². The predicted octanol–water partition coefficient (Wildman–Crippen LogP) is 2.19. The molecule has 2 fully saturated rings. The van der Waals surface area contributed by atoms with Crippen LogP contribution in [0, 0.1) is 0 Å². The Bertz CT molecular complexity index is 1040. The van der Waals surface area contributed by atoms with Crippen LogP contribution in [0.15, 0.2) is 42.5 Å². The molecular formula is C18H13N3O5S2. The third-order valence-electron chi connectivity index (χ3n) is 4.32. The lowest BCUT2D eigenvalue weighted by atomic mass is 10.1. The molecule has 8 nitrogen and oxygen atoms in total. The van der Waals surface area contributed by atoms with E-state index >= 15 is 0 Å². The minimum atomic E-state index is -1.02. The van der Waals surface area contributed by atoms with Gasteiger partial charge in [0.1, 0.15) is 17.0 Å². The fraction of sp³-hybridized carbons (Fsp3) is 0.167. The van der Waals surface area contributed by atoms with Crippen molar-refractivity contribution >= 4 is 68.2 Å². The Balaban J connectivity index is 1.47. The third-order valence-corrected chi connectivity index (χ3v) is 6.69. The number of nitrogens with one attached hydrogen (secondary N) is 2. The van der Waals surface area contributed by atoms with Crippen molar-refractivity contribution in [3.63, 3.8) is 0 Å². The lowest BCUT2D eigenvalue weighted by Gasteiger charge is -2.15. The zero-order valence-electron chi connectivity index (χ0n) is 14.2. The summed E-state index contributed by atoms with van der Waals surface area (Å²) in [5.74, 6) is -1.78. The Hall–Kier alpha value is -2.85. The summed E-state index contributed by atoms with van der Waals surface area (Å²) in [5, 5.41) is 3.43. The molecule has 142 valence electrons. The molecule has 0 aromatic heterocycles. The van der Waals surface area contributed by atoms with Crippen LogP contribution in [0.3, 0.4) is 0 Å². The molecule has 0 saturated carbocycles. The Morgan fingerprint density at radius 1 is 1.00 bits per heavy atom. The lowest BCUT2D eigenvalue weighted by Crippen LogP contribution is -2.42.